The van der Waals surface area contributed by atoms with Crippen LogP contribution in [-0.2, 0) is 4.74 Å². The first-order valence-corrected chi connectivity index (χ1v) is 6.79. The summed E-state index contributed by atoms with van der Waals surface area (Å²) in [6.07, 6.45) is 0.293. The second-order valence-electron chi connectivity index (χ2n) is 5.85. The number of aromatic nitrogens is 1. The number of hydrogen-bond donors (Lipinski definition) is 0. The number of rotatable bonds is 0. The third kappa shape index (κ3) is 1.58. The van der Waals surface area contributed by atoms with E-state index in [-0.39, 0.29) is 17.8 Å². The second kappa shape index (κ2) is 3.41. The first-order chi connectivity index (χ1) is 8.95. The van der Waals surface area contributed by atoms with E-state index in [0.29, 0.717) is 5.15 Å². The summed E-state index contributed by atoms with van der Waals surface area (Å²) < 4.78 is 11.8. The average Bonchev–Trinajstić information content (AvgIpc) is 3.08. The molecule has 4 rings (SSSR count). The van der Waals surface area contributed by atoms with Crippen LogP contribution in [0.15, 0.2) is 18.2 Å². The van der Waals surface area contributed by atoms with Crippen LogP contribution in [0.3, 0.4) is 0 Å². The summed E-state index contributed by atoms with van der Waals surface area (Å²) in [5.41, 5.74) is 2.84. The maximum Gasteiger partial charge on any atom is 0.132 e. The molecule has 1 fully saturated rings. The molecule has 1 aromatic carbocycles. The van der Waals surface area contributed by atoms with Gasteiger partial charge in [-0.05, 0) is 44.5 Å². The van der Waals surface area contributed by atoms with Gasteiger partial charge in [-0.25, -0.2) is 4.98 Å². The van der Waals surface area contributed by atoms with Gasteiger partial charge < -0.3 is 9.47 Å². The van der Waals surface area contributed by atoms with E-state index >= 15 is 0 Å². The number of ether oxygens (including phenoxy) is 2. The molecule has 3 heterocycles. The molecule has 2 aromatic rings. The van der Waals surface area contributed by atoms with Gasteiger partial charge in [0.05, 0.1) is 5.52 Å². The zero-order valence-corrected chi connectivity index (χ0v) is 11.8. The number of benzene rings is 1. The van der Waals surface area contributed by atoms with Crippen molar-refractivity contribution in [1.29, 1.82) is 0 Å². The Morgan fingerprint density at radius 2 is 2.05 bits per heavy atom. The molecule has 2 aliphatic rings. The molecule has 4 heteroatoms. The number of nitrogens with zero attached hydrogens (tertiary/aromatic N) is 1. The van der Waals surface area contributed by atoms with E-state index in [1.165, 1.54) is 0 Å². The second-order valence-corrected chi connectivity index (χ2v) is 6.24. The third-order valence-corrected chi connectivity index (χ3v) is 4.17. The number of halogens is 1. The molecule has 0 radical (unpaired) electrons. The average molecular weight is 276 g/mol. The molecule has 0 aliphatic carbocycles. The Kier molecular flexibility index (Phi) is 2.06. The molecule has 0 amide bonds. The molecule has 98 valence electrons. The quantitative estimate of drug-likeness (QED) is 0.542. The van der Waals surface area contributed by atoms with Crippen molar-refractivity contribution in [2.45, 2.75) is 38.6 Å². The van der Waals surface area contributed by atoms with Crippen molar-refractivity contribution in [3.63, 3.8) is 0 Å². The third-order valence-electron chi connectivity index (χ3n) is 3.97. The molecule has 0 spiro atoms. The Bertz CT molecular complexity index is 711. The monoisotopic (exact) mass is 275 g/mol. The summed E-state index contributed by atoms with van der Waals surface area (Å²) in [5.74, 6) is 0.906. The van der Waals surface area contributed by atoms with Crippen LogP contribution in [-0.4, -0.2) is 16.7 Å². The van der Waals surface area contributed by atoms with Gasteiger partial charge in [0.25, 0.3) is 0 Å². The SMILES string of the molecule is Cc1cc(Cl)nc2cc3c(cc12)OC(C)(C)[C@H]1O[C@@H]31. The fourth-order valence-electron chi connectivity index (χ4n) is 2.93. The lowest BCUT2D eigenvalue weighted by molar-refractivity contribution is 0.0727. The Morgan fingerprint density at radius 1 is 1.26 bits per heavy atom. The molecule has 2 atom stereocenters. The molecule has 19 heavy (non-hydrogen) atoms. The summed E-state index contributed by atoms with van der Waals surface area (Å²) in [4.78, 5) is 4.39. The van der Waals surface area contributed by atoms with Gasteiger partial charge in [-0.2, -0.15) is 0 Å². The summed E-state index contributed by atoms with van der Waals surface area (Å²) >= 11 is 6.03. The minimum absolute atomic E-state index is 0.143. The van der Waals surface area contributed by atoms with Gasteiger partial charge >= 0.3 is 0 Å². The molecule has 0 bridgehead atoms. The van der Waals surface area contributed by atoms with Gasteiger partial charge in [-0.1, -0.05) is 11.6 Å². The lowest BCUT2D eigenvalue weighted by Crippen LogP contribution is -2.37. The van der Waals surface area contributed by atoms with Gasteiger partial charge in [0.15, 0.2) is 0 Å². The summed E-state index contributed by atoms with van der Waals surface area (Å²) in [5, 5.41) is 1.60. The molecule has 1 saturated heterocycles. The number of epoxide rings is 1. The number of aryl methyl sites for hydroxylation is 1. The van der Waals surface area contributed by atoms with Crippen LogP contribution in [0.5, 0.6) is 5.75 Å². The lowest BCUT2D eigenvalue weighted by Gasteiger charge is -2.29. The van der Waals surface area contributed by atoms with E-state index < -0.39 is 0 Å². The highest BCUT2D eigenvalue weighted by Crippen LogP contribution is 2.54. The van der Waals surface area contributed by atoms with Gasteiger partial charge in [0, 0.05) is 10.9 Å². The predicted molar refractivity (Wildman–Crippen MR) is 73.8 cm³/mol. The first kappa shape index (κ1) is 11.5. The molecule has 2 aliphatic heterocycles. The summed E-state index contributed by atoms with van der Waals surface area (Å²) in [6, 6.07) is 5.98. The van der Waals surface area contributed by atoms with Crippen LogP contribution < -0.4 is 4.74 Å². The highest BCUT2D eigenvalue weighted by Gasteiger charge is 2.56. The van der Waals surface area contributed by atoms with Crippen molar-refractivity contribution >= 4 is 22.5 Å². The molecule has 0 unspecified atom stereocenters. The van der Waals surface area contributed by atoms with E-state index in [1.54, 1.807) is 0 Å². The molecule has 3 nitrogen and oxygen atoms in total. The van der Waals surface area contributed by atoms with E-state index in [0.717, 1.165) is 27.8 Å². The van der Waals surface area contributed by atoms with E-state index in [1.807, 2.05) is 19.1 Å². The largest absolute Gasteiger partial charge is 0.485 e. The van der Waals surface area contributed by atoms with Crippen LogP contribution in [0, 0.1) is 6.92 Å². The van der Waals surface area contributed by atoms with Gasteiger partial charge in [0.2, 0.25) is 0 Å². The number of pyridine rings is 1. The van der Waals surface area contributed by atoms with Crippen molar-refractivity contribution < 1.29 is 9.47 Å². The Balaban J connectivity index is 1.98. The van der Waals surface area contributed by atoms with Crippen molar-refractivity contribution in [2.24, 2.45) is 0 Å². The van der Waals surface area contributed by atoms with Gasteiger partial charge in [0.1, 0.15) is 28.7 Å². The maximum absolute atomic E-state index is 6.08. The highest BCUT2D eigenvalue weighted by molar-refractivity contribution is 6.29. The zero-order chi connectivity index (χ0) is 13.4. The topological polar surface area (TPSA) is 34.6 Å². The van der Waals surface area contributed by atoms with Crippen molar-refractivity contribution in [3.05, 3.63) is 34.5 Å². The molecular weight excluding hydrogens is 262 g/mol. The minimum atomic E-state index is -0.265. The zero-order valence-electron chi connectivity index (χ0n) is 11.0. The Hall–Kier alpha value is -1.32. The Labute approximate surface area is 116 Å². The van der Waals surface area contributed by atoms with Crippen molar-refractivity contribution in [3.8, 4) is 5.75 Å². The smallest absolute Gasteiger partial charge is 0.132 e. The summed E-state index contributed by atoms with van der Waals surface area (Å²) in [7, 11) is 0. The number of hydrogen-bond acceptors (Lipinski definition) is 3. The fourth-order valence-corrected chi connectivity index (χ4v) is 3.18. The van der Waals surface area contributed by atoms with Crippen LogP contribution >= 0.6 is 11.6 Å². The van der Waals surface area contributed by atoms with Crippen LogP contribution in [0.4, 0.5) is 0 Å². The van der Waals surface area contributed by atoms with Gasteiger partial charge in [-0.3, -0.25) is 0 Å². The van der Waals surface area contributed by atoms with Crippen LogP contribution in [0.25, 0.3) is 10.9 Å². The van der Waals surface area contributed by atoms with E-state index in [4.69, 9.17) is 21.1 Å². The standard InChI is InChI=1S/C15H14ClNO2/c1-7-4-12(16)17-10-5-9-11(6-8(7)10)19-15(2,3)14-13(9)18-14/h4-6,13-14H,1-3H3/t13-,14-/m0/s1. The molecule has 0 N–H and O–H groups in total. The van der Waals surface area contributed by atoms with Crippen molar-refractivity contribution in [2.75, 3.05) is 0 Å². The predicted octanol–water partition coefficient (Wildman–Crippen LogP) is 3.81. The molecule has 1 aromatic heterocycles. The van der Waals surface area contributed by atoms with Crippen molar-refractivity contribution in [1.82, 2.24) is 4.98 Å². The molecule has 0 saturated carbocycles. The van der Waals surface area contributed by atoms with Crippen LogP contribution in [0.2, 0.25) is 5.15 Å². The van der Waals surface area contributed by atoms with E-state index in [2.05, 4.69) is 24.9 Å². The number of fused-ring (bicyclic) bond motifs is 4. The van der Waals surface area contributed by atoms with Gasteiger partial charge in [-0.15, -0.1) is 0 Å². The van der Waals surface area contributed by atoms with E-state index in [9.17, 15) is 0 Å². The van der Waals surface area contributed by atoms with Crippen LogP contribution in [0.1, 0.15) is 31.1 Å². The Morgan fingerprint density at radius 3 is 2.84 bits per heavy atom. The molecular formula is C15H14ClNO2. The lowest BCUT2D eigenvalue weighted by atomic mass is 9.93. The minimum Gasteiger partial charge on any atom is -0.485 e. The summed E-state index contributed by atoms with van der Waals surface area (Å²) in [6.45, 7) is 6.17. The fraction of sp³-hybridized carbons (Fsp3) is 0.400. The first-order valence-electron chi connectivity index (χ1n) is 6.41. The normalized spacial score (nSPS) is 26.5. The maximum atomic E-state index is 6.08. The highest BCUT2D eigenvalue weighted by atomic mass is 35.5.